The van der Waals surface area contributed by atoms with Gasteiger partial charge >= 0.3 is 11.9 Å². The van der Waals surface area contributed by atoms with Crippen molar-refractivity contribution in [2.24, 2.45) is 5.92 Å². The number of halogens is 1. The zero-order valence-electron chi connectivity index (χ0n) is 22.9. The van der Waals surface area contributed by atoms with Gasteiger partial charge < -0.3 is 29.2 Å². The summed E-state index contributed by atoms with van der Waals surface area (Å²) in [6.07, 6.45) is -0.619. The first-order valence-corrected chi connectivity index (χ1v) is 14.3. The van der Waals surface area contributed by atoms with Crippen molar-refractivity contribution in [1.29, 1.82) is 0 Å². The van der Waals surface area contributed by atoms with Crippen LogP contribution in [0.3, 0.4) is 0 Å². The SMILES string of the molecule is COc1cc2sc(C(=O)CC(C)C(=O)O)cc2cc1OCCOc1c(OC)cc2sc(C(=O)CCC(=O)O)cc2c1F. The van der Waals surface area contributed by atoms with Gasteiger partial charge in [0.25, 0.3) is 0 Å². The van der Waals surface area contributed by atoms with Crippen LogP contribution in [0.25, 0.3) is 20.2 Å². The van der Waals surface area contributed by atoms with Crippen molar-refractivity contribution in [1.82, 2.24) is 0 Å². The summed E-state index contributed by atoms with van der Waals surface area (Å²) in [6, 6.07) is 8.03. The number of fused-ring (bicyclic) bond motifs is 2. The number of rotatable bonds is 15. The number of hydrogen-bond donors (Lipinski definition) is 2. The van der Waals surface area contributed by atoms with Gasteiger partial charge in [-0.25, -0.2) is 4.39 Å². The van der Waals surface area contributed by atoms with Crippen LogP contribution in [0.15, 0.2) is 30.3 Å². The molecule has 222 valence electrons. The first-order chi connectivity index (χ1) is 20.0. The van der Waals surface area contributed by atoms with Gasteiger partial charge in [-0.15, -0.1) is 22.7 Å². The van der Waals surface area contributed by atoms with Gasteiger partial charge in [0.05, 0.1) is 36.3 Å². The van der Waals surface area contributed by atoms with Crippen molar-refractivity contribution in [3.8, 4) is 23.0 Å². The number of hydrogen-bond acceptors (Lipinski definition) is 10. The summed E-state index contributed by atoms with van der Waals surface area (Å²) in [6.45, 7) is 1.40. The molecule has 2 heterocycles. The number of aliphatic carboxylic acids is 2. The van der Waals surface area contributed by atoms with Crippen molar-refractivity contribution in [3.63, 3.8) is 0 Å². The maximum atomic E-state index is 15.4. The molecular weight excluding hydrogens is 591 g/mol. The Labute approximate surface area is 247 Å². The molecule has 10 nitrogen and oxygen atoms in total. The topological polar surface area (TPSA) is 146 Å². The Morgan fingerprint density at radius 2 is 1.45 bits per heavy atom. The minimum absolute atomic E-state index is 0.00287. The van der Waals surface area contributed by atoms with Gasteiger partial charge in [-0.1, -0.05) is 6.92 Å². The van der Waals surface area contributed by atoms with Gasteiger partial charge in [0.2, 0.25) is 0 Å². The molecule has 2 aromatic heterocycles. The quantitative estimate of drug-likeness (QED) is 0.119. The number of carboxylic acids is 2. The molecule has 1 unspecified atom stereocenters. The second-order valence-corrected chi connectivity index (χ2v) is 11.4. The molecule has 0 aliphatic rings. The van der Waals surface area contributed by atoms with Crippen molar-refractivity contribution < 1.29 is 52.7 Å². The number of ketones is 2. The van der Waals surface area contributed by atoms with E-state index in [2.05, 4.69) is 0 Å². The standard InChI is InChI=1S/C29H27FO10S2/c1-14(29(35)36)8-18(32)24-10-15-9-20(19(37-2)12-22(15)41-24)39-6-7-40-28-21(38-3)13-23-16(27(28)30)11-25(42-23)17(31)4-5-26(33)34/h9-14H,4-8H2,1-3H3,(H,33,34)(H,35,36). The van der Waals surface area contributed by atoms with E-state index in [-0.39, 0.29) is 60.0 Å². The summed E-state index contributed by atoms with van der Waals surface area (Å²) >= 11 is 2.28. The van der Waals surface area contributed by atoms with E-state index in [0.717, 1.165) is 16.0 Å². The predicted octanol–water partition coefficient (Wildman–Crippen LogP) is 6.07. The highest BCUT2D eigenvalue weighted by Gasteiger charge is 2.22. The smallest absolute Gasteiger partial charge is 0.306 e. The summed E-state index contributed by atoms with van der Waals surface area (Å²) in [5.41, 5.74) is 0. The van der Waals surface area contributed by atoms with E-state index in [0.29, 0.717) is 26.5 Å². The van der Waals surface area contributed by atoms with E-state index in [1.807, 2.05) is 0 Å². The average Bonchev–Trinajstić information content (AvgIpc) is 3.58. The minimum Gasteiger partial charge on any atom is -0.493 e. The van der Waals surface area contributed by atoms with Crippen LogP contribution in [-0.2, 0) is 9.59 Å². The zero-order valence-corrected chi connectivity index (χ0v) is 24.5. The van der Waals surface area contributed by atoms with Gasteiger partial charge in [0.15, 0.2) is 40.4 Å². The predicted molar refractivity (Wildman–Crippen MR) is 155 cm³/mol. The highest BCUT2D eigenvalue weighted by molar-refractivity contribution is 7.21. The molecule has 2 N–H and O–H groups in total. The molecule has 0 spiro atoms. The lowest BCUT2D eigenvalue weighted by Crippen LogP contribution is -2.13. The Bertz CT molecular complexity index is 1670. The molecule has 0 aliphatic heterocycles. The number of carbonyl (C=O) groups excluding carboxylic acids is 2. The fourth-order valence-corrected chi connectivity index (χ4v) is 6.16. The Hall–Kier alpha value is -4.23. The molecule has 0 radical (unpaired) electrons. The molecule has 0 saturated heterocycles. The fraction of sp³-hybridized carbons (Fsp3) is 0.310. The molecule has 0 saturated carbocycles. The Morgan fingerprint density at radius 1 is 0.810 bits per heavy atom. The van der Waals surface area contributed by atoms with Crippen LogP contribution in [0.1, 0.15) is 45.5 Å². The van der Waals surface area contributed by atoms with Crippen LogP contribution in [0.5, 0.6) is 23.0 Å². The number of benzene rings is 2. The average molecular weight is 619 g/mol. The van der Waals surface area contributed by atoms with E-state index in [1.54, 1.807) is 24.3 Å². The third-order valence-corrected chi connectivity index (χ3v) is 8.58. The lowest BCUT2D eigenvalue weighted by Gasteiger charge is -2.14. The van der Waals surface area contributed by atoms with E-state index in [1.165, 1.54) is 38.5 Å². The monoisotopic (exact) mass is 618 g/mol. The molecule has 4 rings (SSSR count). The summed E-state index contributed by atoms with van der Waals surface area (Å²) in [5, 5.41) is 18.8. The summed E-state index contributed by atoms with van der Waals surface area (Å²) < 4.78 is 38.9. The Morgan fingerprint density at radius 3 is 2.12 bits per heavy atom. The van der Waals surface area contributed by atoms with Crippen molar-refractivity contribution >= 4 is 66.4 Å². The molecule has 1 atom stereocenters. The van der Waals surface area contributed by atoms with Crippen molar-refractivity contribution in [2.45, 2.75) is 26.2 Å². The number of ether oxygens (including phenoxy) is 4. The molecule has 0 amide bonds. The van der Waals surface area contributed by atoms with Crippen molar-refractivity contribution in [2.75, 3.05) is 27.4 Å². The van der Waals surface area contributed by atoms with Crippen LogP contribution in [0, 0.1) is 11.7 Å². The van der Waals surface area contributed by atoms with E-state index >= 15 is 4.39 Å². The Balaban J connectivity index is 1.46. The Kier molecular flexibility index (Phi) is 9.63. The van der Waals surface area contributed by atoms with E-state index in [9.17, 15) is 19.2 Å². The number of methoxy groups -OCH3 is 2. The van der Waals surface area contributed by atoms with Gasteiger partial charge in [-0.3, -0.25) is 19.2 Å². The maximum absolute atomic E-state index is 15.4. The lowest BCUT2D eigenvalue weighted by atomic mass is 10.0. The summed E-state index contributed by atoms with van der Waals surface area (Å²) in [5.74, 6) is -3.56. The molecule has 0 aliphatic carbocycles. The summed E-state index contributed by atoms with van der Waals surface area (Å²) in [7, 11) is 2.83. The first-order valence-electron chi connectivity index (χ1n) is 12.7. The number of Topliss-reactive ketones (excluding diaryl/α,β-unsaturated/α-hetero) is 2. The molecule has 4 aromatic rings. The molecule has 13 heteroatoms. The third-order valence-electron chi connectivity index (χ3n) is 6.32. The van der Waals surface area contributed by atoms with Gasteiger partial charge in [-0.05, 0) is 23.6 Å². The van der Waals surface area contributed by atoms with Crippen molar-refractivity contribution in [3.05, 3.63) is 45.9 Å². The summed E-state index contributed by atoms with van der Waals surface area (Å²) in [4.78, 5) is 47.5. The van der Waals surface area contributed by atoms with Crippen LogP contribution in [0.2, 0.25) is 0 Å². The van der Waals surface area contributed by atoms with Gasteiger partial charge in [0.1, 0.15) is 13.2 Å². The largest absolute Gasteiger partial charge is 0.493 e. The number of thiophene rings is 2. The van der Waals surface area contributed by atoms with Gasteiger partial charge in [0, 0.05) is 39.8 Å². The second-order valence-electron chi connectivity index (χ2n) is 9.28. The van der Waals surface area contributed by atoms with E-state index < -0.39 is 29.5 Å². The molecule has 42 heavy (non-hydrogen) atoms. The maximum Gasteiger partial charge on any atom is 0.306 e. The lowest BCUT2D eigenvalue weighted by molar-refractivity contribution is -0.141. The van der Waals surface area contributed by atoms with Gasteiger partial charge in [-0.2, -0.15) is 0 Å². The highest BCUT2D eigenvalue weighted by atomic mass is 32.1. The normalized spacial score (nSPS) is 11.8. The fourth-order valence-electron chi connectivity index (χ4n) is 4.08. The van der Waals surface area contributed by atoms with Crippen LogP contribution in [-0.4, -0.2) is 61.2 Å². The first kappa shape index (κ1) is 30.7. The molecule has 0 fully saturated rings. The van der Waals surface area contributed by atoms with Crippen LogP contribution < -0.4 is 18.9 Å². The number of carboxylic acid groups (broad SMARTS) is 2. The third kappa shape index (κ3) is 6.80. The molecular formula is C29H27FO10S2. The van der Waals surface area contributed by atoms with Crippen LogP contribution in [0.4, 0.5) is 4.39 Å². The highest BCUT2D eigenvalue weighted by Crippen LogP contribution is 2.41. The molecule has 0 bridgehead atoms. The van der Waals surface area contributed by atoms with Crippen LogP contribution >= 0.6 is 22.7 Å². The van der Waals surface area contributed by atoms with E-state index in [4.69, 9.17) is 29.2 Å². The molecule has 2 aromatic carbocycles. The second kappa shape index (κ2) is 13.2. The number of carbonyl (C=O) groups is 4. The minimum atomic E-state index is -1.09. The zero-order chi connectivity index (χ0) is 30.6.